The van der Waals surface area contributed by atoms with Crippen molar-refractivity contribution in [2.45, 2.75) is 0 Å². The molecule has 0 bridgehead atoms. The number of benzene rings is 2. The molecule has 0 amide bonds. The Balaban J connectivity index is 2.37. The van der Waals surface area contributed by atoms with Crippen LogP contribution in [0.25, 0.3) is 11.6 Å². The molecule has 0 spiro atoms. The van der Waals surface area contributed by atoms with Crippen molar-refractivity contribution < 1.29 is 10.2 Å². The van der Waals surface area contributed by atoms with Crippen LogP contribution in [0.15, 0.2) is 48.5 Å². The second-order valence-corrected chi connectivity index (χ2v) is 3.81. The molecule has 0 aliphatic rings. The minimum atomic E-state index is 0.167. The summed E-state index contributed by atoms with van der Waals surface area (Å²) in [6.07, 6.45) is 1.73. The normalized spacial score (nSPS) is 10.9. The van der Waals surface area contributed by atoms with E-state index in [-0.39, 0.29) is 11.5 Å². The molecule has 88 valence electrons. The van der Waals surface area contributed by atoms with Gasteiger partial charge in [-0.05, 0) is 53.6 Å². The standard InChI is InChI=1S/C15H11NO2/c16-10-13(12-3-7-15(18)8-4-12)9-11-1-5-14(17)6-2-11/h1-9,17-18H. The Morgan fingerprint density at radius 2 is 1.39 bits per heavy atom. The SMILES string of the molecule is N#CC(=Cc1ccc(O)cc1)c1ccc(O)cc1. The minimum Gasteiger partial charge on any atom is -0.508 e. The summed E-state index contributed by atoms with van der Waals surface area (Å²) in [4.78, 5) is 0. The van der Waals surface area contributed by atoms with E-state index >= 15 is 0 Å². The number of nitriles is 1. The van der Waals surface area contributed by atoms with Crippen molar-refractivity contribution in [2.75, 3.05) is 0 Å². The van der Waals surface area contributed by atoms with Crippen molar-refractivity contribution in [1.29, 1.82) is 5.26 Å². The van der Waals surface area contributed by atoms with E-state index in [0.29, 0.717) is 5.57 Å². The van der Waals surface area contributed by atoms with Gasteiger partial charge in [0.1, 0.15) is 11.5 Å². The van der Waals surface area contributed by atoms with Crippen molar-refractivity contribution >= 4 is 11.6 Å². The number of hydrogen-bond donors (Lipinski definition) is 2. The highest BCUT2D eigenvalue weighted by atomic mass is 16.3. The van der Waals surface area contributed by atoms with Gasteiger partial charge in [-0.3, -0.25) is 0 Å². The first kappa shape index (κ1) is 11.7. The lowest BCUT2D eigenvalue weighted by molar-refractivity contribution is 0.474. The third-order valence-electron chi connectivity index (χ3n) is 2.50. The van der Waals surface area contributed by atoms with E-state index in [4.69, 9.17) is 5.26 Å². The number of rotatable bonds is 2. The predicted molar refractivity (Wildman–Crippen MR) is 69.7 cm³/mol. The number of hydrogen-bond acceptors (Lipinski definition) is 3. The summed E-state index contributed by atoms with van der Waals surface area (Å²) in [5.41, 5.74) is 2.07. The summed E-state index contributed by atoms with van der Waals surface area (Å²) in [7, 11) is 0. The van der Waals surface area contributed by atoms with Crippen LogP contribution in [-0.2, 0) is 0 Å². The lowest BCUT2D eigenvalue weighted by Gasteiger charge is -2.00. The minimum absolute atomic E-state index is 0.167. The lowest BCUT2D eigenvalue weighted by atomic mass is 10.0. The van der Waals surface area contributed by atoms with Crippen molar-refractivity contribution in [3.63, 3.8) is 0 Å². The van der Waals surface area contributed by atoms with Gasteiger partial charge >= 0.3 is 0 Å². The van der Waals surface area contributed by atoms with Crippen LogP contribution in [-0.4, -0.2) is 10.2 Å². The number of phenolic OH excluding ortho intramolecular Hbond substituents is 2. The molecule has 3 nitrogen and oxygen atoms in total. The van der Waals surface area contributed by atoms with Crippen molar-refractivity contribution in [1.82, 2.24) is 0 Å². The van der Waals surface area contributed by atoms with Gasteiger partial charge in [0.05, 0.1) is 11.6 Å². The molecule has 0 radical (unpaired) electrons. The van der Waals surface area contributed by atoms with Crippen molar-refractivity contribution in [3.05, 3.63) is 59.7 Å². The number of aromatic hydroxyl groups is 2. The van der Waals surface area contributed by atoms with E-state index in [2.05, 4.69) is 6.07 Å². The van der Waals surface area contributed by atoms with Crippen LogP contribution in [0.4, 0.5) is 0 Å². The van der Waals surface area contributed by atoms with Gasteiger partial charge in [-0.15, -0.1) is 0 Å². The van der Waals surface area contributed by atoms with E-state index in [1.165, 1.54) is 12.1 Å². The second-order valence-electron chi connectivity index (χ2n) is 3.81. The van der Waals surface area contributed by atoms with Crippen LogP contribution >= 0.6 is 0 Å². The van der Waals surface area contributed by atoms with Crippen LogP contribution < -0.4 is 0 Å². The Morgan fingerprint density at radius 3 is 1.89 bits per heavy atom. The maximum Gasteiger partial charge on any atom is 0.115 e. The molecule has 2 rings (SSSR count). The summed E-state index contributed by atoms with van der Waals surface area (Å²) in [5.74, 6) is 0.357. The van der Waals surface area contributed by atoms with Gasteiger partial charge in [0, 0.05) is 0 Å². The average molecular weight is 237 g/mol. The molecule has 2 aromatic rings. The highest BCUT2D eigenvalue weighted by molar-refractivity contribution is 5.89. The van der Waals surface area contributed by atoms with Gasteiger partial charge in [0.15, 0.2) is 0 Å². The molecule has 0 aliphatic heterocycles. The monoisotopic (exact) mass is 237 g/mol. The summed E-state index contributed by atoms with van der Waals surface area (Å²) >= 11 is 0. The molecule has 0 fully saturated rings. The molecule has 2 N–H and O–H groups in total. The highest BCUT2D eigenvalue weighted by Crippen LogP contribution is 2.21. The van der Waals surface area contributed by atoms with E-state index in [0.717, 1.165) is 11.1 Å². The van der Waals surface area contributed by atoms with Gasteiger partial charge in [-0.1, -0.05) is 12.1 Å². The number of phenols is 2. The molecule has 0 unspecified atom stereocenters. The van der Waals surface area contributed by atoms with Crippen molar-refractivity contribution in [3.8, 4) is 17.6 Å². The van der Waals surface area contributed by atoms with Gasteiger partial charge in [0.25, 0.3) is 0 Å². The molecule has 0 atom stereocenters. The summed E-state index contributed by atoms with van der Waals surface area (Å²) < 4.78 is 0. The molecule has 0 aromatic heterocycles. The topological polar surface area (TPSA) is 64.2 Å². The quantitative estimate of drug-likeness (QED) is 0.622. The largest absolute Gasteiger partial charge is 0.508 e. The zero-order chi connectivity index (χ0) is 13.0. The molecular formula is C15H11NO2. The first-order valence-corrected chi connectivity index (χ1v) is 5.39. The fourth-order valence-corrected chi connectivity index (χ4v) is 1.56. The molecular weight excluding hydrogens is 226 g/mol. The van der Waals surface area contributed by atoms with Gasteiger partial charge in [-0.25, -0.2) is 0 Å². The van der Waals surface area contributed by atoms with Gasteiger partial charge in [0.2, 0.25) is 0 Å². The molecule has 2 aromatic carbocycles. The smallest absolute Gasteiger partial charge is 0.115 e. The Labute approximate surface area is 105 Å². The Hall–Kier alpha value is -2.73. The molecule has 0 saturated heterocycles. The molecule has 0 heterocycles. The van der Waals surface area contributed by atoms with E-state index < -0.39 is 0 Å². The lowest BCUT2D eigenvalue weighted by Crippen LogP contribution is -1.81. The zero-order valence-corrected chi connectivity index (χ0v) is 9.54. The van der Waals surface area contributed by atoms with E-state index in [9.17, 15) is 10.2 Å². The summed E-state index contributed by atoms with van der Waals surface area (Å²) in [6, 6.07) is 15.2. The predicted octanol–water partition coefficient (Wildman–Crippen LogP) is 3.16. The third-order valence-corrected chi connectivity index (χ3v) is 2.50. The fraction of sp³-hybridized carbons (Fsp3) is 0. The zero-order valence-electron chi connectivity index (χ0n) is 9.54. The maximum absolute atomic E-state index is 9.20. The molecule has 0 saturated carbocycles. The molecule has 3 heteroatoms. The third kappa shape index (κ3) is 2.69. The van der Waals surface area contributed by atoms with Crippen LogP contribution in [0.1, 0.15) is 11.1 Å². The van der Waals surface area contributed by atoms with Crippen LogP contribution in [0.2, 0.25) is 0 Å². The van der Waals surface area contributed by atoms with E-state index in [1.54, 1.807) is 42.5 Å². The van der Waals surface area contributed by atoms with Crippen LogP contribution in [0, 0.1) is 11.3 Å². The molecule has 18 heavy (non-hydrogen) atoms. The van der Waals surface area contributed by atoms with E-state index in [1.807, 2.05) is 0 Å². The average Bonchev–Trinajstić information content (AvgIpc) is 2.39. The molecule has 0 aliphatic carbocycles. The Morgan fingerprint density at radius 1 is 0.889 bits per heavy atom. The Kier molecular flexibility index (Phi) is 3.31. The number of nitrogens with zero attached hydrogens (tertiary/aromatic N) is 1. The maximum atomic E-state index is 9.20. The number of allylic oxidation sites excluding steroid dienone is 1. The fourth-order valence-electron chi connectivity index (χ4n) is 1.56. The van der Waals surface area contributed by atoms with Crippen LogP contribution in [0.3, 0.4) is 0 Å². The van der Waals surface area contributed by atoms with Gasteiger partial charge in [-0.2, -0.15) is 5.26 Å². The highest BCUT2D eigenvalue weighted by Gasteiger charge is 2.01. The summed E-state index contributed by atoms with van der Waals surface area (Å²) in [5, 5.41) is 27.5. The first-order chi connectivity index (χ1) is 8.69. The van der Waals surface area contributed by atoms with Crippen LogP contribution in [0.5, 0.6) is 11.5 Å². The van der Waals surface area contributed by atoms with Gasteiger partial charge < -0.3 is 10.2 Å². The summed E-state index contributed by atoms with van der Waals surface area (Å²) in [6.45, 7) is 0. The first-order valence-electron chi connectivity index (χ1n) is 5.39. The second kappa shape index (κ2) is 5.07. The van der Waals surface area contributed by atoms with Crippen molar-refractivity contribution in [2.24, 2.45) is 0 Å². The Bertz CT molecular complexity index is 604.